The van der Waals surface area contributed by atoms with Crippen LogP contribution in [0, 0.1) is 0 Å². The van der Waals surface area contributed by atoms with E-state index in [-0.39, 0.29) is 0 Å². The van der Waals surface area contributed by atoms with Crippen LogP contribution in [0.15, 0.2) is 21.2 Å². The van der Waals surface area contributed by atoms with Gasteiger partial charge in [0.25, 0.3) is 0 Å². The number of unbranched alkanes of at least 4 members (excludes halogenated alkanes) is 3. The van der Waals surface area contributed by atoms with Gasteiger partial charge in [-0.25, -0.2) is 0 Å². The van der Waals surface area contributed by atoms with Gasteiger partial charge in [-0.05, 0) is 10.8 Å². The van der Waals surface area contributed by atoms with E-state index in [1.807, 2.05) is 5.41 Å². The van der Waals surface area contributed by atoms with Crippen molar-refractivity contribution in [3.05, 3.63) is 11.6 Å². The third-order valence-electron chi connectivity index (χ3n) is 3.20. The fraction of sp³-hybridized carbons (Fsp3) is 0.857. The second-order valence-electron chi connectivity index (χ2n) is 4.95. The molecule has 0 bridgehead atoms. The standard InChI is InChI=1S/3C4H9.C2H2N2S2.Sn.H/c3*1-3-4-2;1-2-5-6-4-3-1;;/h3*1,3-4H2,2H3;1-2H;;. The van der Waals surface area contributed by atoms with Crippen LogP contribution in [0.1, 0.15) is 59.3 Å². The third-order valence-corrected chi connectivity index (χ3v) is 15.0. The Hall–Kier alpha value is 0.839. The molecule has 0 unspecified atom stereocenters. The van der Waals surface area contributed by atoms with Gasteiger partial charge in [-0.15, -0.1) is 4.52 Å². The van der Waals surface area contributed by atoms with Gasteiger partial charge in [0, 0.05) is 5.41 Å². The van der Waals surface area contributed by atoms with E-state index in [0.717, 1.165) is 0 Å². The summed E-state index contributed by atoms with van der Waals surface area (Å²) in [5.74, 6) is 0. The van der Waals surface area contributed by atoms with Gasteiger partial charge < -0.3 is 0 Å². The zero-order valence-electron chi connectivity index (χ0n) is 12.8. The Morgan fingerprint density at radius 3 is 1.63 bits per heavy atom. The van der Waals surface area contributed by atoms with Gasteiger partial charge in [-0.2, -0.15) is 5.11 Å². The maximum atomic E-state index is 3.59. The van der Waals surface area contributed by atoms with E-state index in [0.29, 0.717) is 0 Å². The topological polar surface area (TPSA) is 24.7 Å². The Balaban J connectivity index is 0.000000443. The van der Waals surface area contributed by atoms with Gasteiger partial charge in [-0.1, -0.05) is 0 Å². The zero-order valence-corrected chi connectivity index (χ0v) is 17.7. The van der Waals surface area contributed by atoms with E-state index >= 15 is 0 Å². The SMILES string of the molecule is C1=CSSN=N1.CCC[CH2][SnH]([CH2]CCC)[CH2]CCC. The predicted molar refractivity (Wildman–Crippen MR) is 95.5 cm³/mol. The summed E-state index contributed by atoms with van der Waals surface area (Å²) >= 11 is -0.967. The van der Waals surface area contributed by atoms with Crippen LogP contribution in [0.3, 0.4) is 0 Å². The monoisotopic (exact) mass is 410 g/mol. The molecule has 1 aliphatic rings. The first-order valence-corrected chi connectivity index (χ1v) is 16.9. The summed E-state index contributed by atoms with van der Waals surface area (Å²) in [6.45, 7) is 7.01. The number of hydrogen-bond donors (Lipinski definition) is 0. The molecule has 0 aliphatic carbocycles. The summed E-state index contributed by atoms with van der Waals surface area (Å²) in [6, 6.07) is 0. The molecular weight excluding hydrogens is 379 g/mol. The van der Waals surface area contributed by atoms with Gasteiger partial charge >= 0.3 is 92.4 Å². The van der Waals surface area contributed by atoms with E-state index in [9.17, 15) is 0 Å². The quantitative estimate of drug-likeness (QED) is 0.237. The molecule has 0 fully saturated rings. The molecule has 2 nitrogen and oxygen atoms in total. The van der Waals surface area contributed by atoms with Crippen LogP contribution in [-0.2, 0) is 0 Å². The minimum atomic E-state index is -0.967. The summed E-state index contributed by atoms with van der Waals surface area (Å²) in [6.07, 6.45) is 10.5. The third kappa shape index (κ3) is 15.1. The number of hydrogen-bond acceptors (Lipinski definition) is 4. The van der Waals surface area contributed by atoms with Gasteiger partial charge in [0.05, 0.1) is 17.2 Å². The van der Waals surface area contributed by atoms with Gasteiger partial charge in [-0.3, -0.25) is 0 Å². The van der Waals surface area contributed by atoms with Crippen LogP contribution in [0.4, 0.5) is 0 Å². The van der Waals surface area contributed by atoms with E-state index in [1.165, 1.54) is 49.5 Å². The van der Waals surface area contributed by atoms with Crippen molar-refractivity contribution in [3.63, 3.8) is 0 Å². The van der Waals surface area contributed by atoms with Crippen molar-refractivity contribution in [2.24, 2.45) is 9.63 Å². The summed E-state index contributed by atoms with van der Waals surface area (Å²) in [4.78, 5) is 0. The van der Waals surface area contributed by atoms with Crippen molar-refractivity contribution in [1.82, 2.24) is 0 Å². The molecule has 1 rings (SSSR count). The van der Waals surface area contributed by atoms with Gasteiger partial charge in [0.15, 0.2) is 0 Å². The summed E-state index contributed by atoms with van der Waals surface area (Å²) < 4.78 is 8.67. The maximum absolute atomic E-state index is 3.59. The van der Waals surface area contributed by atoms with Crippen molar-refractivity contribution in [1.29, 1.82) is 0 Å². The first kappa shape index (κ1) is 19.8. The molecule has 0 aromatic heterocycles. The molecule has 0 radical (unpaired) electrons. The fourth-order valence-corrected chi connectivity index (χ4v) is 13.8. The molecule has 5 heteroatoms. The summed E-state index contributed by atoms with van der Waals surface area (Å²) in [5, 5.41) is 5.45. The average molecular weight is 409 g/mol. The van der Waals surface area contributed by atoms with E-state index in [2.05, 4.69) is 30.4 Å². The molecule has 0 spiro atoms. The Bertz CT molecular complexity index is 204. The van der Waals surface area contributed by atoms with Crippen LogP contribution in [-0.4, -0.2) is 19.8 Å². The van der Waals surface area contributed by atoms with Crippen molar-refractivity contribution >= 4 is 41.5 Å². The molecule has 1 aliphatic heterocycles. The van der Waals surface area contributed by atoms with E-state index in [4.69, 9.17) is 0 Å². The van der Waals surface area contributed by atoms with Crippen LogP contribution in [0.25, 0.3) is 0 Å². The van der Waals surface area contributed by atoms with Crippen molar-refractivity contribution in [2.45, 2.75) is 72.6 Å². The molecule has 19 heavy (non-hydrogen) atoms. The fourth-order valence-electron chi connectivity index (χ4n) is 2.05. The Morgan fingerprint density at radius 2 is 1.42 bits per heavy atom. The molecule has 0 saturated heterocycles. The number of nitrogens with zero attached hydrogens (tertiary/aromatic N) is 2. The second kappa shape index (κ2) is 16.9. The molecule has 0 N–H and O–H groups in total. The molecule has 1 heterocycles. The molecule has 0 atom stereocenters. The molecule has 0 aromatic carbocycles. The molecule has 112 valence electrons. The number of rotatable bonds is 9. The first-order chi connectivity index (χ1) is 9.35. The van der Waals surface area contributed by atoms with E-state index < -0.39 is 19.8 Å². The Morgan fingerprint density at radius 1 is 0.895 bits per heavy atom. The second-order valence-corrected chi connectivity index (χ2v) is 16.6. The normalized spacial score (nSPS) is 13.5. The van der Waals surface area contributed by atoms with Crippen LogP contribution >= 0.6 is 21.8 Å². The van der Waals surface area contributed by atoms with E-state index in [1.54, 1.807) is 30.3 Å². The van der Waals surface area contributed by atoms with Gasteiger partial charge in [0.1, 0.15) is 0 Å². The van der Waals surface area contributed by atoms with Crippen LogP contribution in [0.5, 0.6) is 0 Å². The van der Waals surface area contributed by atoms with Crippen LogP contribution in [0.2, 0.25) is 13.3 Å². The Labute approximate surface area is 135 Å². The average Bonchev–Trinajstić information content (AvgIpc) is 2.49. The van der Waals surface area contributed by atoms with Crippen molar-refractivity contribution in [2.75, 3.05) is 0 Å². The molecule has 0 saturated carbocycles. The molecule has 0 aromatic rings. The predicted octanol–water partition coefficient (Wildman–Crippen LogP) is 6.83. The minimum absolute atomic E-state index is 0.967. The molecular formula is C14H30N2S2Sn. The first-order valence-electron chi connectivity index (χ1n) is 7.72. The van der Waals surface area contributed by atoms with Crippen molar-refractivity contribution in [3.8, 4) is 0 Å². The molecule has 0 amide bonds. The zero-order chi connectivity index (χ0) is 14.2. The Kier molecular flexibility index (Phi) is 17.6. The van der Waals surface area contributed by atoms with Crippen molar-refractivity contribution < 1.29 is 0 Å². The summed E-state index contributed by atoms with van der Waals surface area (Å²) in [7, 11) is 2.95. The van der Waals surface area contributed by atoms with Gasteiger partial charge in [0.2, 0.25) is 0 Å². The van der Waals surface area contributed by atoms with Crippen LogP contribution < -0.4 is 0 Å². The summed E-state index contributed by atoms with van der Waals surface area (Å²) in [5.41, 5.74) is 0.